The molecule has 4 rings (SSSR count). The number of aliphatic imine (C=N–C) groups is 2. The average Bonchev–Trinajstić information content (AvgIpc) is 3.33. The third-order valence-corrected chi connectivity index (χ3v) is 5.51. The van der Waals surface area contributed by atoms with Crippen molar-refractivity contribution in [3.8, 4) is 6.07 Å². The van der Waals surface area contributed by atoms with Crippen molar-refractivity contribution in [3.05, 3.63) is 22.9 Å². The summed E-state index contributed by atoms with van der Waals surface area (Å²) in [6, 6.07) is 1.46. The molecular formula is C18H18N4O2. The first kappa shape index (κ1) is 15.0. The van der Waals surface area contributed by atoms with Crippen molar-refractivity contribution in [2.24, 2.45) is 15.4 Å². The fourth-order valence-corrected chi connectivity index (χ4v) is 3.73. The van der Waals surface area contributed by atoms with E-state index < -0.39 is 11.9 Å². The predicted octanol–water partition coefficient (Wildman–Crippen LogP) is 1.59. The number of carbonyl (C=O) groups is 2. The van der Waals surface area contributed by atoms with E-state index in [0.717, 1.165) is 25.9 Å². The van der Waals surface area contributed by atoms with Crippen molar-refractivity contribution in [2.45, 2.75) is 38.6 Å². The van der Waals surface area contributed by atoms with Gasteiger partial charge in [0.2, 0.25) is 0 Å². The molecule has 0 radical (unpaired) electrons. The van der Waals surface area contributed by atoms with Crippen molar-refractivity contribution >= 4 is 23.6 Å². The lowest BCUT2D eigenvalue weighted by molar-refractivity contribution is -0.117. The lowest BCUT2D eigenvalue weighted by Crippen LogP contribution is -2.39. The molecule has 24 heavy (non-hydrogen) atoms. The Morgan fingerprint density at radius 3 is 2.62 bits per heavy atom. The molecular weight excluding hydrogens is 304 g/mol. The number of dihydropyridines is 2. The minimum atomic E-state index is -0.568. The molecule has 1 unspecified atom stereocenters. The molecule has 3 heterocycles. The van der Waals surface area contributed by atoms with Gasteiger partial charge >= 0.3 is 0 Å². The van der Waals surface area contributed by atoms with Crippen molar-refractivity contribution < 1.29 is 9.59 Å². The summed E-state index contributed by atoms with van der Waals surface area (Å²) in [6.45, 7) is 3.15. The molecule has 0 N–H and O–H groups in total. The zero-order chi connectivity index (χ0) is 16.9. The summed E-state index contributed by atoms with van der Waals surface area (Å²) < 4.78 is 0. The highest BCUT2D eigenvalue weighted by Gasteiger charge is 2.45. The van der Waals surface area contributed by atoms with Crippen LogP contribution in [0, 0.1) is 16.7 Å². The number of nitriles is 1. The van der Waals surface area contributed by atoms with Gasteiger partial charge in [-0.05, 0) is 44.1 Å². The summed E-state index contributed by atoms with van der Waals surface area (Å²) in [5.74, 6) is -0.581. The molecule has 122 valence electrons. The largest absolute Gasteiger partial charge is 0.370 e. The zero-order valence-corrected chi connectivity index (χ0v) is 13.6. The highest BCUT2D eigenvalue weighted by Crippen LogP contribution is 2.54. The van der Waals surface area contributed by atoms with E-state index in [0.29, 0.717) is 22.4 Å². The number of nitrogens with zero attached hydrogens (tertiary/aromatic N) is 4. The Labute approximate surface area is 140 Å². The first-order valence-electron chi connectivity index (χ1n) is 8.32. The third-order valence-electron chi connectivity index (χ3n) is 5.51. The average molecular weight is 322 g/mol. The fraction of sp³-hybridized carbons (Fsp3) is 0.500. The van der Waals surface area contributed by atoms with E-state index in [-0.39, 0.29) is 11.4 Å². The van der Waals surface area contributed by atoms with Crippen LogP contribution in [0.4, 0.5) is 0 Å². The van der Waals surface area contributed by atoms with Gasteiger partial charge in [-0.2, -0.15) is 5.26 Å². The molecule has 6 nitrogen and oxygen atoms in total. The smallest absolute Gasteiger partial charge is 0.290 e. The number of hydrogen-bond acceptors (Lipinski definition) is 5. The number of hydrogen-bond donors (Lipinski definition) is 0. The molecule has 1 spiro atoms. The second-order valence-electron chi connectivity index (χ2n) is 7.04. The maximum absolute atomic E-state index is 12.2. The lowest BCUT2D eigenvalue weighted by atomic mass is 9.89. The standard InChI is InChI=1S/C18H18N4O2/c1-11(23)14-8-12-15(10-20-14)21-17(24)13(9-19)16(12)22-6-4-18(2-3-18)5-7-22/h8,10,14H,2-7H2,1H3. The predicted molar refractivity (Wildman–Crippen MR) is 88.6 cm³/mol. The van der Waals surface area contributed by atoms with Crippen LogP contribution in [0.2, 0.25) is 0 Å². The van der Waals surface area contributed by atoms with E-state index in [1.165, 1.54) is 26.0 Å². The number of rotatable bonds is 2. The van der Waals surface area contributed by atoms with Crippen LogP contribution in [-0.2, 0) is 9.59 Å². The van der Waals surface area contributed by atoms with E-state index in [4.69, 9.17) is 0 Å². The molecule has 0 aromatic rings. The van der Waals surface area contributed by atoms with Crippen molar-refractivity contribution in [1.82, 2.24) is 4.90 Å². The topological polar surface area (TPSA) is 85.9 Å². The Kier molecular flexibility index (Phi) is 3.27. The van der Waals surface area contributed by atoms with E-state index >= 15 is 0 Å². The Bertz CT molecular complexity index is 795. The number of ketones is 1. The minimum absolute atomic E-state index is 0.0665. The second-order valence-corrected chi connectivity index (χ2v) is 7.04. The van der Waals surface area contributed by atoms with Crippen LogP contribution in [-0.4, -0.2) is 47.6 Å². The number of Topliss-reactive ketones (excluding diaryl/α,β-unsaturated/α-hetero) is 1. The Morgan fingerprint density at radius 2 is 2.04 bits per heavy atom. The summed E-state index contributed by atoms with van der Waals surface area (Å²) in [7, 11) is 0. The fourth-order valence-electron chi connectivity index (χ4n) is 3.73. The van der Waals surface area contributed by atoms with Crippen molar-refractivity contribution in [2.75, 3.05) is 13.1 Å². The molecule has 1 amide bonds. The number of allylic oxidation sites excluding steroid dienone is 1. The molecule has 6 heteroatoms. The Morgan fingerprint density at radius 1 is 1.33 bits per heavy atom. The van der Waals surface area contributed by atoms with Crippen molar-refractivity contribution in [3.63, 3.8) is 0 Å². The summed E-state index contributed by atoms with van der Waals surface area (Å²) in [5.41, 5.74) is 2.38. The molecule has 1 aliphatic carbocycles. The SMILES string of the molecule is CC(=O)C1C=C2C(=NC(=O)C(C#N)=C2N2CCC3(CC2)CC3)C=N1. The molecule has 0 bridgehead atoms. The van der Waals surface area contributed by atoms with Gasteiger partial charge in [-0.3, -0.25) is 14.6 Å². The number of amides is 1. The number of piperidine rings is 1. The third kappa shape index (κ3) is 2.32. The van der Waals surface area contributed by atoms with Crippen LogP contribution in [0.25, 0.3) is 0 Å². The highest BCUT2D eigenvalue weighted by atomic mass is 16.1. The maximum Gasteiger partial charge on any atom is 0.290 e. The van der Waals surface area contributed by atoms with Gasteiger partial charge in [-0.15, -0.1) is 0 Å². The summed E-state index contributed by atoms with van der Waals surface area (Å²) in [5, 5.41) is 9.49. The molecule has 4 aliphatic rings. The van der Waals surface area contributed by atoms with Crippen LogP contribution in [0.15, 0.2) is 32.9 Å². The Balaban J connectivity index is 1.74. The van der Waals surface area contributed by atoms with Crippen LogP contribution < -0.4 is 0 Å². The molecule has 0 aromatic carbocycles. The highest BCUT2D eigenvalue weighted by molar-refractivity contribution is 6.44. The molecule has 2 fully saturated rings. The summed E-state index contributed by atoms with van der Waals surface area (Å²) >= 11 is 0. The van der Waals surface area contributed by atoms with Gasteiger partial charge in [-0.25, -0.2) is 4.99 Å². The van der Waals surface area contributed by atoms with Gasteiger partial charge in [0.1, 0.15) is 17.7 Å². The van der Waals surface area contributed by atoms with Gasteiger partial charge < -0.3 is 4.90 Å². The van der Waals surface area contributed by atoms with E-state index in [1.807, 2.05) is 6.07 Å². The molecule has 1 atom stereocenters. The monoisotopic (exact) mass is 322 g/mol. The normalized spacial score (nSPS) is 27.4. The van der Waals surface area contributed by atoms with Gasteiger partial charge in [-0.1, -0.05) is 0 Å². The van der Waals surface area contributed by atoms with Gasteiger partial charge in [0.05, 0.1) is 11.4 Å². The number of fused-ring (bicyclic) bond motifs is 1. The van der Waals surface area contributed by atoms with Crippen LogP contribution >= 0.6 is 0 Å². The minimum Gasteiger partial charge on any atom is -0.370 e. The van der Waals surface area contributed by atoms with Crippen LogP contribution in [0.1, 0.15) is 32.6 Å². The maximum atomic E-state index is 12.2. The molecule has 3 aliphatic heterocycles. The van der Waals surface area contributed by atoms with Gasteiger partial charge in [0, 0.05) is 24.9 Å². The summed E-state index contributed by atoms with van der Waals surface area (Å²) in [4.78, 5) is 34.2. The second kappa shape index (κ2) is 5.23. The molecule has 1 saturated carbocycles. The quantitative estimate of drug-likeness (QED) is 0.772. The van der Waals surface area contributed by atoms with Gasteiger partial charge in [0.25, 0.3) is 5.91 Å². The van der Waals surface area contributed by atoms with Crippen LogP contribution in [0.3, 0.4) is 0 Å². The van der Waals surface area contributed by atoms with Crippen LogP contribution in [0.5, 0.6) is 0 Å². The first-order valence-corrected chi connectivity index (χ1v) is 8.32. The van der Waals surface area contributed by atoms with Crippen molar-refractivity contribution in [1.29, 1.82) is 5.26 Å². The lowest BCUT2D eigenvalue weighted by Gasteiger charge is -2.38. The molecule has 0 aromatic heterocycles. The number of carbonyl (C=O) groups excluding carboxylic acids is 2. The van der Waals surface area contributed by atoms with E-state index in [9.17, 15) is 14.9 Å². The summed E-state index contributed by atoms with van der Waals surface area (Å²) in [6.07, 6.45) is 7.99. The van der Waals surface area contributed by atoms with Gasteiger partial charge in [0.15, 0.2) is 5.78 Å². The first-order chi connectivity index (χ1) is 11.5. The Hall–Kier alpha value is -2.55. The van der Waals surface area contributed by atoms with E-state index in [1.54, 1.807) is 6.08 Å². The molecule has 1 saturated heterocycles. The zero-order valence-electron chi connectivity index (χ0n) is 13.6. The number of likely N-dealkylation sites (tertiary alicyclic amines) is 1. The van der Waals surface area contributed by atoms with E-state index in [2.05, 4.69) is 14.9 Å².